The number of likely N-dealkylation sites (N-methyl/N-ethyl adjacent to an activating group) is 1. The van der Waals surface area contributed by atoms with E-state index in [1.165, 1.54) is 11.6 Å². The highest BCUT2D eigenvalue weighted by atomic mass is 19.1. The van der Waals surface area contributed by atoms with Crippen LogP contribution in [0.25, 0.3) is 10.9 Å². The third-order valence-corrected chi connectivity index (χ3v) is 3.37. The molecule has 0 fully saturated rings. The Morgan fingerprint density at radius 3 is 2.82 bits per heavy atom. The van der Waals surface area contributed by atoms with E-state index >= 15 is 0 Å². The van der Waals surface area contributed by atoms with Gasteiger partial charge in [-0.1, -0.05) is 12.1 Å². The Kier molecular flexibility index (Phi) is 3.48. The van der Waals surface area contributed by atoms with Crippen molar-refractivity contribution in [1.29, 1.82) is 0 Å². The van der Waals surface area contributed by atoms with Crippen LogP contribution in [0.3, 0.4) is 0 Å². The van der Waals surface area contributed by atoms with Crippen molar-refractivity contribution in [3.63, 3.8) is 0 Å². The van der Waals surface area contributed by atoms with Crippen LogP contribution in [-0.4, -0.2) is 29.5 Å². The molecule has 0 amide bonds. The van der Waals surface area contributed by atoms with Gasteiger partial charge in [-0.05, 0) is 38.9 Å². The number of aromatic amines is 1. The Morgan fingerprint density at radius 2 is 2.12 bits per heavy atom. The number of nitrogens with one attached hydrogen (secondary N) is 1. The van der Waals surface area contributed by atoms with Crippen LogP contribution in [0, 0.1) is 5.82 Å². The monoisotopic (exact) mass is 234 g/mol. The average molecular weight is 234 g/mol. The molecule has 0 saturated heterocycles. The Morgan fingerprint density at radius 1 is 1.35 bits per heavy atom. The van der Waals surface area contributed by atoms with Crippen molar-refractivity contribution >= 4 is 10.9 Å². The third kappa shape index (κ3) is 2.50. The maximum absolute atomic E-state index is 13.5. The van der Waals surface area contributed by atoms with Crippen molar-refractivity contribution in [2.75, 3.05) is 13.6 Å². The lowest BCUT2D eigenvalue weighted by molar-refractivity contribution is 0.278. The molecule has 1 heterocycles. The first kappa shape index (κ1) is 12.1. The number of hydrogen-bond donors (Lipinski definition) is 1. The summed E-state index contributed by atoms with van der Waals surface area (Å²) in [6, 6.07) is 5.76. The normalized spacial score (nSPS) is 11.9. The van der Waals surface area contributed by atoms with E-state index in [1.807, 2.05) is 12.3 Å². The fraction of sp³-hybridized carbons (Fsp3) is 0.429. The molecular formula is C14H19FN2. The van der Waals surface area contributed by atoms with E-state index in [4.69, 9.17) is 0 Å². The highest BCUT2D eigenvalue weighted by molar-refractivity contribution is 5.83. The number of rotatable bonds is 4. The lowest BCUT2D eigenvalue weighted by atomic mass is 10.1. The molecule has 0 atom stereocenters. The molecule has 0 aliphatic carbocycles. The van der Waals surface area contributed by atoms with Gasteiger partial charge in [0.25, 0.3) is 0 Å². The number of H-pyrrole nitrogens is 1. The van der Waals surface area contributed by atoms with Gasteiger partial charge in [0.15, 0.2) is 0 Å². The molecule has 0 saturated carbocycles. The Labute approximate surface area is 101 Å². The summed E-state index contributed by atoms with van der Waals surface area (Å²) in [5.74, 6) is -0.175. The molecule has 17 heavy (non-hydrogen) atoms. The minimum absolute atomic E-state index is 0.175. The first-order valence-corrected chi connectivity index (χ1v) is 6.04. The fourth-order valence-electron chi connectivity index (χ4n) is 1.94. The van der Waals surface area contributed by atoms with Crippen molar-refractivity contribution in [2.45, 2.75) is 26.3 Å². The molecule has 0 aliphatic heterocycles. The van der Waals surface area contributed by atoms with Crippen LogP contribution in [-0.2, 0) is 6.42 Å². The van der Waals surface area contributed by atoms with Crippen molar-refractivity contribution in [3.8, 4) is 0 Å². The molecule has 0 bridgehead atoms. The average Bonchev–Trinajstić information content (AvgIpc) is 2.70. The first-order valence-electron chi connectivity index (χ1n) is 6.04. The molecule has 0 unspecified atom stereocenters. The van der Waals surface area contributed by atoms with Crippen molar-refractivity contribution < 1.29 is 4.39 Å². The number of nitrogens with zero attached hydrogens (tertiary/aromatic N) is 1. The van der Waals surface area contributed by atoms with Gasteiger partial charge in [-0.25, -0.2) is 4.39 Å². The quantitative estimate of drug-likeness (QED) is 0.860. The molecule has 0 aliphatic rings. The van der Waals surface area contributed by atoms with Gasteiger partial charge in [0.2, 0.25) is 0 Å². The summed E-state index contributed by atoms with van der Waals surface area (Å²) in [6.45, 7) is 5.34. The molecule has 1 aromatic carbocycles. The standard InChI is InChI=1S/C14H19FN2/c1-10(2)17(3)8-7-11-9-16-14-12(11)5-4-6-13(14)15/h4-6,9-10,16H,7-8H2,1-3H3. The minimum atomic E-state index is -0.175. The zero-order valence-corrected chi connectivity index (χ0v) is 10.6. The molecule has 92 valence electrons. The second-order valence-electron chi connectivity index (χ2n) is 4.80. The maximum Gasteiger partial charge on any atom is 0.147 e. The van der Waals surface area contributed by atoms with Crippen molar-refractivity contribution in [1.82, 2.24) is 9.88 Å². The van der Waals surface area contributed by atoms with Gasteiger partial charge in [0.05, 0.1) is 5.52 Å². The number of halogens is 1. The third-order valence-electron chi connectivity index (χ3n) is 3.37. The first-order chi connectivity index (χ1) is 8.09. The van der Waals surface area contributed by atoms with Gasteiger partial charge >= 0.3 is 0 Å². The molecule has 0 spiro atoms. The maximum atomic E-state index is 13.5. The summed E-state index contributed by atoms with van der Waals surface area (Å²) in [7, 11) is 2.11. The predicted octanol–water partition coefficient (Wildman–Crippen LogP) is 3.19. The summed E-state index contributed by atoms with van der Waals surface area (Å²) in [4.78, 5) is 5.31. The number of para-hydroxylation sites is 1. The van der Waals surface area contributed by atoms with Crippen LogP contribution in [0.4, 0.5) is 4.39 Å². The van der Waals surface area contributed by atoms with Gasteiger partial charge in [-0.3, -0.25) is 0 Å². The van der Waals surface area contributed by atoms with Crippen LogP contribution >= 0.6 is 0 Å². The van der Waals surface area contributed by atoms with E-state index in [1.54, 1.807) is 6.07 Å². The van der Waals surface area contributed by atoms with E-state index in [0.717, 1.165) is 18.4 Å². The second kappa shape index (κ2) is 4.88. The minimum Gasteiger partial charge on any atom is -0.359 e. The van der Waals surface area contributed by atoms with Crippen LogP contribution in [0.5, 0.6) is 0 Å². The smallest absolute Gasteiger partial charge is 0.147 e. The zero-order chi connectivity index (χ0) is 12.4. The van der Waals surface area contributed by atoms with Crippen LogP contribution < -0.4 is 0 Å². The summed E-state index contributed by atoms with van der Waals surface area (Å²) in [5.41, 5.74) is 1.81. The molecule has 0 radical (unpaired) electrons. The van der Waals surface area contributed by atoms with Crippen LogP contribution in [0.15, 0.2) is 24.4 Å². The van der Waals surface area contributed by atoms with Gasteiger partial charge < -0.3 is 9.88 Å². The Hall–Kier alpha value is -1.35. The molecule has 2 nitrogen and oxygen atoms in total. The lowest BCUT2D eigenvalue weighted by Gasteiger charge is -2.20. The largest absolute Gasteiger partial charge is 0.359 e. The number of benzene rings is 1. The van der Waals surface area contributed by atoms with Crippen molar-refractivity contribution in [3.05, 3.63) is 35.8 Å². The fourth-order valence-corrected chi connectivity index (χ4v) is 1.94. The summed E-state index contributed by atoms with van der Waals surface area (Å²) in [5, 5.41) is 1.00. The molecule has 1 N–H and O–H groups in total. The molecular weight excluding hydrogens is 215 g/mol. The molecule has 3 heteroatoms. The number of aromatic nitrogens is 1. The zero-order valence-electron chi connectivity index (χ0n) is 10.6. The molecule has 2 aromatic rings. The van der Waals surface area contributed by atoms with E-state index in [9.17, 15) is 4.39 Å². The van der Waals surface area contributed by atoms with Gasteiger partial charge in [-0.2, -0.15) is 0 Å². The van der Waals surface area contributed by atoms with Crippen LogP contribution in [0.1, 0.15) is 19.4 Å². The Balaban J connectivity index is 2.17. The molecule has 2 rings (SSSR count). The topological polar surface area (TPSA) is 19.0 Å². The predicted molar refractivity (Wildman–Crippen MR) is 69.7 cm³/mol. The van der Waals surface area contributed by atoms with E-state index in [-0.39, 0.29) is 5.82 Å². The number of fused-ring (bicyclic) bond motifs is 1. The van der Waals surface area contributed by atoms with Gasteiger partial charge in [-0.15, -0.1) is 0 Å². The van der Waals surface area contributed by atoms with E-state index in [0.29, 0.717) is 11.6 Å². The highest BCUT2D eigenvalue weighted by Gasteiger charge is 2.09. The van der Waals surface area contributed by atoms with Gasteiger partial charge in [0.1, 0.15) is 5.82 Å². The van der Waals surface area contributed by atoms with E-state index < -0.39 is 0 Å². The SMILES string of the molecule is CC(C)N(C)CCc1c[nH]c2c(F)cccc12. The number of hydrogen-bond acceptors (Lipinski definition) is 1. The second-order valence-corrected chi connectivity index (χ2v) is 4.80. The Bertz CT molecular complexity index is 502. The lowest BCUT2D eigenvalue weighted by Crippen LogP contribution is -2.28. The van der Waals surface area contributed by atoms with Crippen LogP contribution in [0.2, 0.25) is 0 Å². The molecule has 1 aromatic heterocycles. The summed E-state index contributed by atoms with van der Waals surface area (Å²) < 4.78 is 13.5. The van der Waals surface area contributed by atoms with E-state index in [2.05, 4.69) is 30.8 Å². The summed E-state index contributed by atoms with van der Waals surface area (Å²) in [6.07, 6.45) is 2.86. The highest BCUT2D eigenvalue weighted by Crippen LogP contribution is 2.21. The van der Waals surface area contributed by atoms with Crippen molar-refractivity contribution in [2.24, 2.45) is 0 Å². The van der Waals surface area contributed by atoms with Gasteiger partial charge in [0, 0.05) is 24.2 Å². The summed E-state index contributed by atoms with van der Waals surface area (Å²) >= 11 is 0.